The van der Waals surface area contributed by atoms with Crippen molar-refractivity contribution < 1.29 is 19.4 Å². The molecule has 0 rings (SSSR count). The van der Waals surface area contributed by atoms with Gasteiger partial charge in [0.1, 0.15) is 0 Å². The van der Waals surface area contributed by atoms with Crippen LogP contribution in [0.2, 0.25) is 11.1 Å². The summed E-state index contributed by atoms with van der Waals surface area (Å²) in [7, 11) is 1.53. The Morgan fingerprint density at radius 2 is 2.19 bits per heavy atom. The van der Waals surface area contributed by atoms with Gasteiger partial charge in [-0.25, -0.2) is 0 Å². The number of carboxylic acid groups (broad SMARTS) is 1. The Morgan fingerprint density at radius 3 is 2.62 bits per heavy atom. The number of ether oxygens (including phenoxy) is 1. The Labute approximate surface area is 101 Å². The molecule has 94 valence electrons. The molecule has 0 aromatic heterocycles. The Bertz CT molecular complexity index is 238. The van der Waals surface area contributed by atoms with Crippen LogP contribution in [0, 0.1) is 0 Å². The minimum absolute atomic E-state index is 0.101. The first-order valence-electron chi connectivity index (χ1n) is 4.80. The van der Waals surface area contributed by atoms with Crippen LogP contribution in [0.3, 0.4) is 0 Å². The zero-order valence-corrected chi connectivity index (χ0v) is 11.1. The van der Waals surface area contributed by atoms with E-state index in [-0.39, 0.29) is 25.0 Å². The molecular formula is C9H18N2O4Se. The number of hydrogen-bond donors (Lipinski definition) is 3. The average molecular weight is 297 g/mol. The van der Waals surface area contributed by atoms with Gasteiger partial charge in [0.05, 0.1) is 0 Å². The summed E-state index contributed by atoms with van der Waals surface area (Å²) in [6.07, 6.45) is -0.0441. The summed E-state index contributed by atoms with van der Waals surface area (Å²) in [6.45, 7) is 0. The fourth-order valence-electron chi connectivity index (χ4n) is 0.982. The van der Waals surface area contributed by atoms with E-state index in [1.165, 1.54) is 7.11 Å². The van der Waals surface area contributed by atoms with Crippen LogP contribution < -0.4 is 11.1 Å². The molecule has 0 spiro atoms. The summed E-state index contributed by atoms with van der Waals surface area (Å²) in [5.41, 5.74) is 5.28. The van der Waals surface area contributed by atoms with Crippen LogP contribution in [0.25, 0.3) is 0 Å². The number of methoxy groups -OCH3 is 1. The van der Waals surface area contributed by atoms with E-state index in [0.717, 1.165) is 5.32 Å². The van der Waals surface area contributed by atoms with Gasteiger partial charge in [0.15, 0.2) is 0 Å². The monoisotopic (exact) mass is 298 g/mol. The first-order valence-corrected chi connectivity index (χ1v) is 7.73. The second-order valence-corrected chi connectivity index (χ2v) is 5.14. The molecule has 0 aliphatic rings. The summed E-state index contributed by atoms with van der Waals surface area (Å²) in [6, 6.07) is -0.984. The third-order valence-electron chi connectivity index (χ3n) is 1.92. The van der Waals surface area contributed by atoms with E-state index in [4.69, 9.17) is 15.6 Å². The Balaban J connectivity index is 3.84. The van der Waals surface area contributed by atoms with Crippen molar-refractivity contribution in [3.8, 4) is 0 Å². The number of hydrogen-bond acceptors (Lipinski definition) is 4. The van der Waals surface area contributed by atoms with Crippen molar-refractivity contribution in [2.24, 2.45) is 5.73 Å². The Kier molecular flexibility index (Phi) is 8.19. The molecule has 0 heterocycles. The average Bonchev–Trinajstić information content (AvgIpc) is 2.24. The summed E-state index contributed by atoms with van der Waals surface area (Å²) in [5, 5.41) is 12.0. The zero-order valence-electron chi connectivity index (χ0n) is 9.43. The minimum atomic E-state index is -1.09. The van der Waals surface area contributed by atoms with Gasteiger partial charge in [-0.2, -0.15) is 0 Å². The summed E-state index contributed by atoms with van der Waals surface area (Å²) < 4.78 is 5.05. The molecular weight excluding hydrogens is 279 g/mol. The second-order valence-electron chi connectivity index (χ2n) is 3.23. The van der Waals surface area contributed by atoms with Gasteiger partial charge in [-0.15, -0.1) is 0 Å². The van der Waals surface area contributed by atoms with E-state index in [1.807, 2.05) is 5.82 Å². The van der Waals surface area contributed by atoms with E-state index >= 15 is 0 Å². The van der Waals surface area contributed by atoms with Gasteiger partial charge < -0.3 is 0 Å². The van der Waals surface area contributed by atoms with Crippen LogP contribution in [0.1, 0.15) is 12.8 Å². The molecule has 0 fully saturated rings. The summed E-state index contributed by atoms with van der Waals surface area (Å²) >= 11 is 0.408. The van der Waals surface area contributed by atoms with Crippen LogP contribution in [-0.4, -0.2) is 51.3 Å². The molecule has 0 saturated heterocycles. The molecule has 7 heteroatoms. The topological polar surface area (TPSA) is 102 Å². The predicted molar refractivity (Wildman–Crippen MR) is 60.2 cm³/mol. The van der Waals surface area contributed by atoms with Crippen LogP contribution in [0.5, 0.6) is 0 Å². The normalized spacial score (nSPS) is 14.2. The van der Waals surface area contributed by atoms with Gasteiger partial charge in [0.25, 0.3) is 0 Å². The van der Waals surface area contributed by atoms with E-state index < -0.39 is 12.0 Å². The maximum absolute atomic E-state index is 11.4. The number of amides is 1. The molecule has 0 aromatic carbocycles. The van der Waals surface area contributed by atoms with Gasteiger partial charge in [-0.3, -0.25) is 0 Å². The Hall–Kier alpha value is -0.621. The van der Waals surface area contributed by atoms with E-state index in [2.05, 4.69) is 5.32 Å². The van der Waals surface area contributed by atoms with E-state index in [0.29, 0.717) is 15.0 Å². The first kappa shape index (κ1) is 15.4. The van der Waals surface area contributed by atoms with Crippen molar-refractivity contribution in [2.75, 3.05) is 7.11 Å². The SMILES string of the molecule is COC(C[Se]C)NC(=O)CC[C@H](N)C(=O)O. The van der Waals surface area contributed by atoms with Gasteiger partial charge in [-0.05, 0) is 0 Å². The maximum atomic E-state index is 11.4. The number of carbonyl (C=O) groups is 2. The van der Waals surface area contributed by atoms with Crippen LogP contribution >= 0.6 is 0 Å². The quantitative estimate of drug-likeness (QED) is 0.412. The van der Waals surface area contributed by atoms with E-state index in [1.54, 1.807) is 0 Å². The molecule has 4 N–H and O–H groups in total. The molecule has 0 saturated carbocycles. The molecule has 0 bridgehead atoms. The molecule has 6 nitrogen and oxygen atoms in total. The molecule has 1 amide bonds. The van der Waals surface area contributed by atoms with Gasteiger partial charge >= 0.3 is 101 Å². The molecule has 16 heavy (non-hydrogen) atoms. The number of rotatable bonds is 8. The molecule has 0 aromatic rings. The standard InChI is InChI=1S/C9H18N2O4Se/c1-15-8(5-16-2)11-7(12)4-3-6(10)9(13)14/h6,8H,3-5,10H2,1-2H3,(H,11,12)(H,13,14)/t6-,8?/m0/s1. The van der Waals surface area contributed by atoms with Crippen LogP contribution in [-0.2, 0) is 14.3 Å². The van der Waals surface area contributed by atoms with Crippen molar-refractivity contribution in [2.45, 2.75) is 36.3 Å². The number of nitrogens with two attached hydrogens (primary N) is 1. The molecule has 0 aliphatic heterocycles. The Morgan fingerprint density at radius 1 is 1.56 bits per heavy atom. The molecule has 0 radical (unpaired) electrons. The third-order valence-corrected chi connectivity index (χ3v) is 3.26. The second kappa shape index (κ2) is 8.52. The van der Waals surface area contributed by atoms with Gasteiger partial charge in [-0.1, -0.05) is 0 Å². The first-order chi connectivity index (χ1) is 7.51. The van der Waals surface area contributed by atoms with Crippen molar-refractivity contribution in [1.29, 1.82) is 0 Å². The number of aliphatic carboxylic acids is 1. The predicted octanol–water partition coefficient (Wildman–Crippen LogP) is -0.562. The molecule has 1 unspecified atom stereocenters. The molecule has 0 aliphatic carbocycles. The molecule has 2 atom stereocenters. The van der Waals surface area contributed by atoms with Crippen molar-refractivity contribution in [3.05, 3.63) is 0 Å². The van der Waals surface area contributed by atoms with Crippen molar-refractivity contribution >= 4 is 26.8 Å². The fraction of sp³-hybridized carbons (Fsp3) is 0.778. The van der Waals surface area contributed by atoms with E-state index in [9.17, 15) is 9.59 Å². The van der Waals surface area contributed by atoms with Gasteiger partial charge in [0, 0.05) is 0 Å². The third kappa shape index (κ3) is 6.79. The number of nitrogens with one attached hydrogen (secondary N) is 1. The number of carboxylic acids is 1. The van der Waals surface area contributed by atoms with Gasteiger partial charge in [0.2, 0.25) is 0 Å². The van der Waals surface area contributed by atoms with Crippen molar-refractivity contribution in [3.63, 3.8) is 0 Å². The summed E-state index contributed by atoms with van der Waals surface area (Å²) in [5.74, 6) is 0.728. The van der Waals surface area contributed by atoms with Crippen LogP contribution in [0.15, 0.2) is 0 Å². The summed E-state index contributed by atoms with van der Waals surface area (Å²) in [4.78, 5) is 21.8. The van der Waals surface area contributed by atoms with Crippen molar-refractivity contribution in [1.82, 2.24) is 5.32 Å². The van der Waals surface area contributed by atoms with Crippen LogP contribution in [0.4, 0.5) is 0 Å². The fourth-order valence-corrected chi connectivity index (χ4v) is 2.08. The zero-order chi connectivity index (χ0) is 12.6. The number of carbonyl (C=O) groups excluding carboxylic acids is 1.